The van der Waals surface area contributed by atoms with E-state index < -0.39 is 18.4 Å². The van der Waals surface area contributed by atoms with Crippen LogP contribution in [0.4, 0.5) is 28.9 Å². The molecular weight excluding hydrogens is 478 g/mol. The molecular formula is C21H22ClF4N7O. The van der Waals surface area contributed by atoms with E-state index in [1.54, 1.807) is 17.0 Å². The highest BCUT2D eigenvalue weighted by Gasteiger charge is 2.30. The van der Waals surface area contributed by atoms with Crippen molar-refractivity contribution in [3.63, 3.8) is 0 Å². The SMILES string of the molecule is N=C(/N=C(\CF)N1CCOCC1)N/N=C/c1ccc(Nc2cccc(C(F)(F)F)c2)c(CCl)n1. The minimum Gasteiger partial charge on any atom is -0.378 e. The first-order chi connectivity index (χ1) is 16.3. The molecule has 1 aromatic carbocycles. The lowest BCUT2D eigenvalue weighted by Gasteiger charge is -2.28. The van der Waals surface area contributed by atoms with E-state index >= 15 is 0 Å². The summed E-state index contributed by atoms with van der Waals surface area (Å²) in [6, 6.07) is 7.96. The normalized spacial score (nSPS) is 15.0. The van der Waals surface area contributed by atoms with Gasteiger partial charge in [-0.3, -0.25) is 5.41 Å². The Labute approximate surface area is 198 Å². The lowest BCUT2D eigenvalue weighted by Crippen LogP contribution is -2.42. The number of morpholine rings is 1. The number of guanidine groups is 1. The third-order valence-electron chi connectivity index (χ3n) is 4.69. The fourth-order valence-corrected chi connectivity index (χ4v) is 3.26. The second kappa shape index (κ2) is 11.7. The molecule has 3 N–H and O–H groups in total. The minimum absolute atomic E-state index is 0.00404. The van der Waals surface area contributed by atoms with E-state index in [2.05, 4.69) is 25.8 Å². The van der Waals surface area contributed by atoms with Gasteiger partial charge in [0.15, 0.2) is 0 Å². The Hall–Kier alpha value is -3.25. The zero-order valence-electron chi connectivity index (χ0n) is 17.9. The summed E-state index contributed by atoms with van der Waals surface area (Å²) in [7, 11) is 0. The second-order valence-corrected chi connectivity index (χ2v) is 7.31. The zero-order valence-corrected chi connectivity index (χ0v) is 18.6. The summed E-state index contributed by atoms with van der Waals surface area (Å²) in [5.74, 6) is -0.241. The largest absolute Gasteiger partial charge is 0.416 e. The molecule has 1 fully saturated rings. The number of aromatic nitrogens is 1. The Morgan fingerprint density at radius 3 is 2.68 bits per heavy atom. The van der Waals surface area contributed by atoms with Crippen molar-refractivity contribution in [3.05, 3.63) is 53.3 Å². The van der Waals surface area contributed by atoms with E-state index in [0.717, 1.165) is 12.1 Å². The molecule has 34 heavy (non-hydrogen) atoms. The van der Waals surface area contributed by atoms with Gasteiger partial charge in [0, 0.05) is 18.8 Å². The maximum absolute atomic E-state index is 13.3. The van der Waals surface area contributed by atoms with Crippen molar-refractivity contribution in [2.24, 2.45) is 10.1 Å². The number of nitrogens with one attached hydrogen (secondary N) is 3. The van der Waals surface area contributed by atoms with Gasteiger partial charge in [-0.15, -0.1) is 11.6 Å². The third-order valence-corrected chi connectivity index (χ3v) is 4.95. The van der Waals surface area contributed by atoms with Crippen LogP contribution in [-0.4, -0.2) is 60.9 Å². The van der Waals surface area contributed by atoms with Gasteiger partial charge >= 0.3 is 6.18 Å². The summed E-state index contributed by atoms with van der Waals surface area (Å²) in [6.07, 6.45) is -3.14. The fourth-order valence-electron chi connectivity index (χ4n) is 3.05. The third kappa shape index (κ3) is 7.12. The predicted octanol–water partition coefficient (Wildman–Crippen LogP) is 4.14. The Morgan fingerprint density at radius 2 is 2.00 bits per heavy atom. The Bertz CT molecular complexity index is 1060. The summed E-state index contributed by atoms with van der Waals surface area (Å²) >= 11 is 5.96. The van der Waals surface area contributed by atoms with Crippen molar-refractivity contribution in [2.75, 3.05) is 38.3 Å². The number of amidine groups is 1. The second-order valence-electron chi connectivity index (χ2n) is 7.05. The van der Waals surface area contributed by atoms with Crippen molar-refractivity contribution < 1.29 is 22.3 Å². The summed E-state index contributed by atoms with van der Waals surface area (Å²) < 4.78 is 57.3. The van der Waals surface area contributed by atoms with E-state index in [9.17, 15) is 17.6 Å². The molecule has 0 unspecified atom stereocenters. The molecule has 1 aromatic heterocycles. The van der Waals surface area contributed by atoms with E-state index in [1.165, 1.54) is 18.3 Å². The highest BCUT2D eigenvalue weighted by molar-refractivity contribution is 6.17. The van der Waals surface area contributed by atoms with Crippen molar-refractivity contribution in [1.29, 1.82) is 5.41 Å². The van der Waals surface area contributed by atoms with Crippen LogP contribution in [0.25, 0.3) is 0 Å². The molecule has 8 nitrogen and oxygen atoms in total. The summed E-state index contributed by atoms with van der Waals surface area (Å²) in [6.45, 7) is 1.08. The number of aliphatic imine (C=N–C) groups is 1. The van der Waals surface area contributed by atoms with Crippen molar-refractivity contribution in [3.8, 4) is 0 Å². The first kappa shape index (κ1) is 25.4. The quantitative estimate of drug-likeness (QED) is 0.182. The van der Waals surface area contributed by atoms with Gasteiger partial charge in [-0.1, -0.05) is 6.07 Å². The summed E-state index contributed by atoms with van der Waals surface area (Å²) in [5, 5.41) is 14.6. The maximum Gasteiger partial charge on any atom is 0.416 e. The molecule has 0 aliphatic carbocycles. The van der Waals surface area contributed by atoms with Crippen LogP contribution in [0.2, 0.25) is 0 Å². The van der Waals surface area contributed by atoms with Crippen LogP contribution in [-0.2, 0) is 16.8 Å². The van der Waals surface area contributed by atoms with Crippen LogP contribution in [0.1, 0.15) is 17.0 Å². The first-order valence-corrected chi connectivity index (χ1v) is 10.7. The molecule has 1 saturated heterocycles. The van der Waals surface area contributed by atoms with Gasteiger partial charge in [0.1, 0.15) is 12.5 Å². The predicted molar refractivity (Wildman–Crippen MR) is 123 cm³/mol. The molecule has 0 bridgehead atoms. The molecule has 0 atom stereocenters. The molecule has 3 rings (SSSR count). The van der Waals surface area contributed by atoms with Crippen LogP contribution < -0.4 is 10.7 Å². The number of rotatable bonds is 6. The van der Waals surface area contributed by atoms with Crippen molar-refractivity contribution >= 4 is 41.0 Å². The molecule has 2 aromatic rings. The number of alkyl halides is 5. The Kier molecular flexibility index (Phi) is 8.77. The number of hydrogen-bond acceptors (Lipinski definition) is 5. The molecule has 1 aliphatic rings. The van der Waals surface area contributed by atoms with Gasteiger partial charge in [-0.2, -0.15) is 23.3 Å². The van der Waals surface area contributed by atoms with Gasteiger partial charge in [0.2, 0.25) is 5.96 Å². The molecule has 0 saturated carbocycles. The molecule has 1 aliphatic heterocycles. The highest BCUT2D eigenvalue weighted by atomic mass is 35.5. The maximum atomic E-state index is 13.3. The average Bonchev–Trinajstić information content (AvgIpc) is 2.83. The minimum atomic E-state index is -4.45. The summed E-state index contributed by atoms with van der Waals surface area (Å²) in [4.78, 5) is 9.92. The molecule has 2 heterocycles. The van der Waals surface area contributed by atoms with Gasteiger partial charge in [-0.25, -0.2) is 14.8 Å². The van der Waals surface area contributed by atoms with Gasteiger partial charge < -0.3 is 15.0 Å². The Morgan fingerprint density at radius 1 is 1.24 bits per heavy atom. The highest BCUT2D eigenvalue weighted by Crippen LogP contribution is 2.31. The number of halogens is 5. The number of nitrogens with zero attached hydrogens (tertiary/aromatic N) is 4. The topological polar surface area (TPSA) is 98.0 Å². The molecule has 0 radical (unpaired) electrons. The average molecular weight is 500 g/mol. The standard InChI is InChI=1S/C21H22ClF4N7O/c22-11-18-17(29-15-3-1-2-14(10-15)21(24,25)26)5-4-16(30-18)13-28-32-20(27)31-19(12-23)33-6-8-34-9-7-33/h1-5,10,13,29H,6-9,11-12H2,(H2,27,32)/b28-13+,31-19+. The number of benzene rings is 1. The molecule has 182 valence electrons. The Balaban J connectivity index is 1.65. The van der Waals surface area contributed by atoms with E-state index in [0.29, 0.717) is 43.4 Å². The van der Waals surface area contributed by atoms with Crippen molar-refractivity contribution in [1.82, 2.24) is 15.3 Å². The van der Waals surface area contributed by atoms with E-state index in [1.807, 2.05) is 0 Å². The van der Waals surface area contributed by atoms with Gasteiger partial charge in [0.25, 0.3) is 0 Å². The monoisotopic (exact) mass is 499 g/mol. The number of hydrazone groups is 1. The van der Waals surface area contributed by atoms with E-state index in [-0.39, 0.29) is 23.4 Å². The number of anilines is 2. The smallest absolute Gasteiger partial charge is 0.378 e. The van der Waals surface area contributed by atoms with Crippen molar-refractivity contribution in [2.45, 2.75) is 12.1 Å². The van der Waals surface area contributed by atoms with Crippen LogP contribution in [0.15, 0.2) is 46.5 Å². The molecule has 13 heteroatoms. The van der Waals surface area contributed by atoms with Gasteiger partial charge in [0.05, 0.1) is 47.9 Å². The summed E-state index contributed by atoms with van der Waals surface area (Å²) in [5.41, 5.74) is 3.07. The first-order valence-electron chi connectivity index (χ1n) is 10.1. The molecule has 0 spiro atoms. The lowest BCUT2D eigenvalue weighted by atomic mass is 10.2. The van der Waals surface area contributed by atoms with Crippen LogP contribution in [0.5, 0.6) is 0 Å². The number of ether oxygens (including phenoxy) is 1. The molecule has 0 amide bonds. The van der Waals surface area contributed by atoms with Crippen LogP contribution >= 0.6 is 11.6 Å². The number of pyridine rings is 1. The van der Waals surface area contributed by atoms with Gasteiger partial charge in [-0.05, 0) is 30.3 Å². The van der Waals surface area contributed by atoms with Crippen LogP contribution in [0, 0.1) is 5.41 Å². The fraction of sp³-hybridized carbons (Fsp3) is 0.333. The lowest BCUT2D eigenvalue weighted by molar-refractivity contribution is -0.137. The van der Waals surface area contributed by atoms with Crippen LogP contribution in [0.3, 0.4) is 0 Å². The van der Waals surface area contributed by atoms with E-state index in [4.69, 9.17) is 21.7 Å². The number of hydrogen-bond donors (Lipinski definition) is 3. The zero-order chi connectivity index (χ0) is 24.6.